The third-order valence-electron chi connectivity index (χ3n) is 4.11. The van der Waals surface area contributed by atoms with Crippen molar-refractivity contribution in [2.24, 2.45) is 23.7 Å². The van der Waals surface area contributed by atoms with E-state index < -0.39 is 0 Å². The molecule has 2 aliphatic rings. The first-order valence-electron chi connectivity index (χ1n) is 5.46. The smallest absolute Gasteiger partial charge is 0.0433 e. The van der Waals surface area contributed by atoms with Crippen molar-refractivity contribution in [2.45, 2.75) is 39.0 Å². The minimum absolute atomic E-state index is 0.407. The number of hydrogen-bond acceptors (Lipinski definition) is 1. The highest BCUT2D eigenvalue weighted by atomic mass is 16.3. The molecule has 4 atom stereocenters. The van der Waals surface area contributed by atoms with Gasteiger partial charge in [-0.05, 0) is 49.4 Å². The van der Waals surface area contributed by atoms with Gasteiger partial charge in [0.1, 0.15) is 0 Å². The molecule has 70 valence electrons. The average Bonchev–Trinajstić information content (AvgIpc) is 2.62. The molecule has 0 aromatic heterocycles. The van der Waals surface area contributed by atoms with E-state index >= 15 is 0 Å². The highest BCUT2D eigenvalue weighted by Crippen LogP contribution is 2.53. The minimum atomic E-state index is 0.407. The van der Waals surface area contributed by atoms with Crippen LogP contribution in [0.4, 0.5) is 0 Å². The lowest BCUT2D eigenvalue weighted by Crippen LogP contribution is -2.20. The van der Waals surface area contributed by atoms with Gasteiger partial charge in [-0.15, -0.1) is 0 Å². The van der Waals surface area contributed by atoms with E-state index in [1.54, 1.807) is 0 Å². The lowest BCUT2D eigenvalue weighted by molar-refractivity contribution is 0.179. The van der Waals surface area contributed by atoms with E-state index in [0.717, 1.165) is 30.1 Å². The van der Waals surface area contributed by atoms with Gasteiger partial charge in [0.25, 0.3) is 0 Å². The molecule has 0 aromatic rings. The number of aliphatic hydroxyl groups is 1. The average molecular weight is 168 g/mol. The Bertz CT molecular complexity index is 153. The first-order chi connectivity index (χ1) is 5.85. The molecule has 0 aliphatic heterocycles. The van der Waals surface area contributed by atoms with Crippen LogP contribution in [-0.4, -0.2) is 11.7 Å². The van der Waals surface area contributed by atoms with Crippen LogP contribution in [-0.2, 0) is 0 Å². The van der Waals surface area contributed by atoms with E-state index in [9.17, 15) is 0 Å². The number of fused-ring (bicyclic) bond motifs is 2. The van der Waals surface area contributed by atoms with Gasteiger partial charge >= 0.3 is 0 Å². The molecule has 0 aromatic carbocycles. The summed E-state index contributed by atoms with van der Waals surface area (Å²) in [7, 11) is 0. The zero-order valence-corrected chi connectivity index (χ0v) is 8.00. The standard InChI is InChI=1S/C11H20O/c1-2-9-5-8-6-10(3-4-12)11(9)7-8/h8-12H,2-7H2,1H3. The van der Waals surface area contributed by atoms with Crippen LogP contribution in [0.25, 0.3) is 0 Å². The number of hydrogen-bond donors (Lipinski definition) is 1. The Morgan fingerprint density at radius 3 is 2.50 bits per heavy atom. The maximum Gasteiger partial charge on any atom is 0.0433 e. The fraction of sp³-hybridized carbons (Fsp3) is 1.00. The van der Waals surface area contributed by atoms with Gasteiger partial charge < -0.3 is 5.11 Å². The molecular weight excluding hydrogens is 148 g/mol. The minimum Gasteiger partial charge on any atom is -0.396 e. The molecule has 1 N–H and O–H groups in total. The molecule has 1 nitrogen and oxygen atoms in total. The van der Waals surface area contributed by atoms with Crippen molar-refractivity contribution in [1.29, 1.82) is 0 Å². The van der Waals surface area contributed by atoms with Crippen LogP contribution in [0.2, 0.25) is 0 Å². The summed E-state index contributed by atoms with van der Waals surface area (Å²) in [4.78, 5) is 0. The maximum atomic E-state index is 8.91. The summed E-state index contributed by atoms with van der Waals surface area (Å²) in [5.41, 5.74) is 0. The third kappa shape index (κ3) is 1.28. The van der Waals surface area contributed by atoms with Gasteiger partial charge in [-0.2, -0.15) is 0 Å². The highest BCUT2D eigenvalue weighted by Gasteiger charge is 2.44. The van der Waals surface area contributed by atoms with Crippen molar-refractivity contribution in [3.63, 3.8) is 0 Å². The molecular formula is C11H20O. The van der Waals surface area contributed by atoms with Crippen LogP contribution < -0.4 is 0 Å². The SMILES string of the molecule is CCC1CC2CC(CCO)C1C2. The molecule has 4 unspecified atom stereocenters. The summed E-state index contributed by atoms with van der Waals surface area (Å²) in [6.07, 6.45) is 6.81. The molecule has 2 fully saturated rings. The Labute approximate surface area is 75.2 Å². The maximum absolute atomic E-state index is 8.91. The number of rotatable bonds is 3. The normalized spacial score (nSPS) is 45.5. The molecule has 0 amide bonds. The predicted molar refractivity (Wildman–Crippen MR) is 49.8 cm³/mol. The van der Waals surface area contributed by atoms with Crippen LogP contribution in [0.5, 0.6) is 0 Å². The lowest BCUT2D eigenvalue weighted by Gasteiger charge is -2.28. The molecule has 2 bridgehead atoms. The van der Waals surface area contributed by atoms with Crippen molar-refractivity contribution in [3.8, 4) is 0 Å². The Morgan fingerprint density at radius 1 is 1.17 bits per heavy atom. The molecule has 0 saturated heterocycles. The number of aliphatic hydroxyl groups excluding tert-OH is 1. The van der Waals surface area contributed by atoms with Crippen LogP contribution in [0.15, 0.2) is 0 Å². The molecule has 0 heterocycles. The van der Waals surface area contributed by atoms with Crippen LogP contribution in [0, 0.1) is 23.7 Å². The second-order valence-electron chi connectivity index (χ2n) is 4.68. The first-order valence-corrected chi connectivity index (χ1v) is 5.46. The predicted octanol–water partition coefficient (Wildman–Crippen LogP) is 2.44. The summed E-state index contributed by atoms with van der Waals surface area (Å²) in [6.45, 7) is 2.73. The molecule has 0 spiro atoms. The van der Waals surface area contributed by atoms with Crippen LogP contribution in [0.1, 0.15) is 39.0 Å². The van der Waals surface area contributed by atoms with E-state index in [4.69, 9.17) is 5.11 Å². The van der Waals surface area contributed by atoms with E-state index in [0.29, 0.717) is 6.61 Å². The second-order valence-corrected chi connectivity index (χ2v) is 4.68. The highest BCUT2D eigenvalue weighted by molar-refractivity contribution is 4.94. The Balaban J connectivity index is 1.95. The van der Waals surface area contributed by atoms with E-state index in [-0.39, 0.29) is 0 Å². The van der Waals surface area contributed by atoms with Crippen LogP contribution in [0.3, 0.4) is 0 Å². The van der Waals surface area contributed by atoms with Gasteiger partial charge in [0.05, 0.1) is 0 Å². The van der Waals surface area contributed by atoms with Gasteiger partial charge in [0, 0.05) is 6.61 Å². The van der Waals surface area contributed by atoms with E-state index in [1.807, 2.05) is 0 Å². The van der Waals surface area contributed by atoms with Crippen molar-refractivity contribution in [1.82, 2.24) is 0 Å². The Morgan fingerprint density at radius 2 is 1.92 bits per heavy atom. The van der Waals surface area contributed by atoms with Gasteiger partial charge in [-0.1, -0.05) is 13.3 Å². The molecule has 0 radical (unpaired) electrons. The molecule has 2 aliphatic carbocycles. The van der Waals surface area contributed by atoms with Gasteiger partial charge in [0.2, 0.25) is 0 Å². The van der Waals surface area contributed by atoms with Gasteiger partial charge in [-0.3, -0.25) is 0 Å². The fourth-order valence-electron chi connectivity index (χ4n) is 3.62. The Hall–Kier alpha value is -0.0400. The summed E-state index contributed by atoms with van der Waals surface area (Å²) in [6, 6.07) is 0. The zero-order valence-electron chi connectivity index (χ0n) is 8.00. The molecule has 1 heteroatoms. The van der Waals surface area contributed by atoms with Crippen molar-refractivity contribution in [3.05, 3.63) is 0 Å². The monoisotopic (exact) mass is 168 g/mol. The summed E-state index contributed by atoms with van der Waals surface area (Å²) >= 11 is 0. The first kappa shape index (κ1) is 8.55. The molecule has 2 saturated carbocycles. The van der Waals surface area contributed by atoms with Crippen LogP contribution >= 0.6 is 0 Å². The zero-order chi connectivity index (χ0) is 8.55. The fourth-order valence-corrected chi connectivity index (χ4v) is 3.62. The van der Waals surface area contributed by atoms with Crippen molar-refractivity contribution >= 4 is 0 Å². The molecule has 2 rings (SSSR count). The lowest BCUT2D eigenvalue weighted by atomic mass is 9.78. The summed E-state index contributed by atoms with van der Waals surface area (Å²) in [5, 5.41) is 8.91. The topological polar surface area (TPSA) is 20.2 Å². The van der Waals surface area contributed by atoms with E-state index in [1.165, 1.54) is 25.7 Å². The summed E-state index contributed by atoms with van der Waals surface area (Å²) in [5.74, 6) is 3.88. The third-order valence-corrected chi connectivity index (χ3v) is 4.11. The largest absolute Gasteiger partial charge is 0.396 e. The second kappa shape index (κ2) is 3.37. The van der Waals surface area contributed by atoms with Gasteiger partial charge in [-0.25, -0.2) is 0 Å². The molecule has 12 heavy (non-hydrogen) atoms. The summed E-state index contributed by atoms with van der Waals surface area (Å²) < 4.78 is 0. The Kier molecular flexibility index (Phi) is 2.40. The van der Waals surface area contributed by atoms with Gasteiger partial charge in [0.15, 0.2) is 0 Å². The quantitative estimate of drug-likeness (QED) is 0.686. The van der Waals surface area contributed by atoms with Crippen molar-refractivity contribution in [2.75, 3.05) is 6.61 Å². The van der Waals surface area contributed by atoms with E-state index in [2.05, 4.69) is 6.92 Å². The van der Waals surface area contributed by atoms with Crippen molar-refractivity contribution < 1.29 is 5.11 Å².